The van der Waals surface area contributed by atoms with E-state index >= 15 is 0 Å². The number of aromatic nitrogens is 4. The molecule has 1 amide bonds. The van der Waals surface area contributed by atoms with Crippen molar-refractivity contribution in [3.63, 3.8) is 0 Å². The molecule has 2 aromatic rings. The normalized spacial score (nSPS) is 19.0. The fourth-order valence-electron chi connectivity index (χ4n) is 2.90. The summed E-state index contributed by atoms with van der Waals surface area (Å²) in [7, 11) is -3.05. The van der Waals surface area contributed by atoms with Crippen molar-refractivity contribution in [1.29, 1.82) is 0 Å². The van der Waals surface area contributed by atoms with E-state index in [0.29, 0.717) is 23.8 Å². The average molecular weight is 384 g/mol. The minimum atomic E-state index is -3.05. The van der Waals surface area contributed by atoms with E-state index in [1.54, 1.807) is 29.2 Å². The van der Waals surface area contributed by atoms with Crippen LogP contribution in [0.5, 0.6) is 0 Å². The number of likely N-dealkylation sites (N-methyl/N-ethyl adjacent to an activating group) is 1. The number of carbonyl (C=O) groups is 1. The fraction of sp³-hybridized carbons (Fsp3) is 0.467. The zero-order valence-corrected chi connectivity index (χ0v) is 15.2. The summed E-state index contributed by atoms with van der Waals surface area (Å²) in [5.41, 5.74) is 0.748. The zero-order chi connectivity index (χ0) is 18.0. The van der Waals surface area contributed by atoms with Crippen molar-refractivity contribution >= 4 is 27.3 Å². The predicted octanol–water partition coefficient (Wildman–Crippen LogP) is 1.03. The maximum absolute atomic E-state index is 12.5. The van der Waals surface area contributed by atoms with E-state index in [4.69, 9.17) is 11.6 Å². The van der Waals surface area contributed by atoms with E-state index in [-0.39, 0.29) is 30.0 Å². The second-order valence-electron chi connectivity index (χ2n) is 5.89. The Kier molecular flexibility index (Phi) is 5.05. The standard InChI is InChI=1S/C15H18ClN5O3S/c1-2-20(13-7-8-25(23,24)10-13)14(22)9-21-18-15(17-19-21)11-3-5-12(16)6-4-11/h3-6,13H,2,7-10H2,1H3/t13-/m1/s1. The van der Waals surface area contributed by atoms with Gasteiger partial charge in [0.15, 0.2) is 9.84 Å². The van der Waals surface area contributed by atoms with Crippen LogP contribution in [0.15, 0.2) is 24.3 Å². The molecule has 0 unspecified atom stereocenters. The molecule has 1 saturated heterocycles. The second-order valence-corrected chi connectivity index (χ2v) is 8.55. The number of halogens is 1. The number of benzene rings is 1. The number of tetrazole rings is 1. The van der Waals surface area contributed by atoms with E-state index in [1.807, 2.05) is 6.92 Å². The van der Waals surface area contributed by atoms with Gasteiger partial charge in [-0.1, -0.05) is 11.6 Å². The van der Waals surface area contributed by atoms with Crippen LogP contribution in [0.3, 0.4) is 0 Å². The molecule has 1 aliphatic heterocycles. The number of nitrogens with zero attached hydrogens (tertiary/aromatic N) is 5. The third-order valence-corrected chi connectivity index (χ3v) is 6.14. The van der Waals surface area contributed by atoms with Crippen molar-refractivity contribution < 1.29 is 13.2 Å². The molecule has 0 spiro atoms. The maximum atomic E-state index is 12.5. The molecule has 10 heteroatoms. The van der Waals surface area contributed by atoms with Crippen LogP contribution in [-0.2, 0) is 21.2 Å². The van der Waals surface area contributed by atoms with Crippen molar-refractivity contribution in [1.82, 2.24) is 25.1 Å². The van der Waals surface area contributed by atoms with Gasteiger partial charge in [-0.05, 0) is 42.8 Å². The van der Waals surface area contributed by atoms with Crippen LogP contribution >= 0.6 is 11.6 Å². The highest BCUT2D eigenvalue weighted by atomic mass is 35.5. The number of hydrogen-bond donors (Lipinski definition) is 0. The van der Waals surface area contributed by atoms with Gasteiger partial charge in [-0.15, -0.1) is 10.2 Å². The average Bonchev–Trinajstić information content (AvgIpc) is 3.15. The minimum absolute atomic E-state index is 0.0212. The van der Waals surface area contributed by atoms with Crippen LogP contribution in [0.4, 0.5) is 0 Å². The third kappa shape index (κ3) is 4.16. The van der Waals surface area contributed by atoms with Gasteiger partial charge in [0.25, 0.3) is 0 Å². The number of amides is 1. The Bertz CT molecular complexity index is 866. The Balaban J connectivity index is 1.69. The molecule has 1 fully saturated rings. The molecular weight excluding hydrogens is 366 g/mol. The predicted molar refractivity (Wildman–Crippen MR) is 92.7 cm³/mol. The van der Waals surface area contributed by atoms with Crippen LogP contribution in [0, 0.1) is 0 Å². The van der Waals surface area contributed by atoms with Crippen molar-refractivity contribution in [3.8, 4) is 11.4 Å². The Morgan fingerprint density at radius 3 is 2.68 bits per heavy atom. The molecule has 1 atom stereocenters. The van der Waals surface area contributed by atoms with Gasteiger partial charge in [0, 0.05) is 23.2 Å². The molecular formula is C15H18ClN5O3S. The van der Waals surface area contributed by atoms with Gasteiger partial charge in [-0.3, -0.25) is 4.79 Å². The SMILES string of the molecule is CCN(C(=O)Cn1nnc(-c2ccc(Cl)cc2)n1)[C@@H]1CCS(=O)(=O)C1. The first-order valence-electron chi connectivity index (χ1n) is 7.91. The highest BCUT2D eigenvalue weighted by Gasteiger charge is 2.34. The van der Waals surface area contributed by atoms with Crippen molar-refractivity contribution in [2.24, 2.45) is 0 Å². The number of hydrogen-bond acceptors (Lipinski definition) is 6. The summed E-state index contributed by atoms with van der Waals surface area (Å²) in [5, 5.41) is 12.7. The quantitative estimate of drug-likeness (QED) is 0.764. The lowest BCUT2D eigenvalue weighted by Crippen LogP contribution is -2.42. The summed E-state index contributed by atoms with van der Waals surface area (Å²) in [5.74, 6) is 0.331. The minimum Gasteiger partial charge on any atom is -0.337 e. The third-order valence-electron chi connectivity index (χ3n) is 4.14. The lowest BCUT2D eigenvalue weighted by Gasteiger charge is -2.26. The fourth-order valence-corrected chi connectivity index (χ4v) is 4.75. The highest BCUT2D eigenvalue weighted by Crippen LogP contribution is 2.19. The molecule has 0 bridgehead atoms. The maximum Gasteiger partial charge on any atom is 0.246 e. The summed E-state index contributed by atoms with van der Waals surface area (Å²) < 4.78 is 23.3. The Morgan fingerprint density at radius 2 is 2.08 bits per heavy atom. The van der Waals surface area contributed by atoms with Gasteiger partial charge in [0.1, 0.15) is 6.54 Å². The van der Waals surface area contributed by atoms with Gasteiger partial charge in [0.05, 0.1) is 11.5 Å². The molecule has 134 valence electrons. The number of rotatable bonds is 5. The molecule has 1 aromatic carbocycles. The first-order valence-corrected chi connectivity index (χ1v) is 10.1. The summed E-state index contributed by atoms with van der Waals surface area (Å²) in [6.45, 7) is 2.19. The molecule has 3 rings (SSSR count). The first kappa shape index (κ1) is 17.8. The summed E-state index contributed by atoms with van der Waals surface area (Å²) in [4.78, 5) is 15.3. The summed E-state index contributed by atoms with van der Waals surface area (Å²) in [6.07, 6.45) is 0.475. The van der Waals surface area contributed by atoms with E-state index in [9.17, 15) is 13.2 Å². The molecule has 2 heterocycles. The number of carbonyl (C=O) groups excluding carboxylic acids is 1. The highest BCUT2D eigenvalue weighted by molar-refractivity contribution is 7.91. The van der Waals surface area contributed by atoms with Gasteiger partial charge in [0.2, 0.25) is 11.7 Å². The van der Waals surface area contributed by atoms with Crippen LogP contribution in [0.1, 0.15) is 13.3 Å². The lowest BCUT2D eigenvalue weighted by atomic mass is 10.2. The molecule has 8 nitrogen and oxygen atoms in total. The lowest BCUT2D eigenvalue weighted by molar-refractivity contribution is -0.133. The Morgan fingerprint density at radius 1 is 1.36 bits per heavy atom. The van der Waals surface area contributed by atoms with Gasteiger partial charge in [-0.25, -0.2) is 8.42 Å². The molecule has 25 heavy (non-hydrogen) atoms. The topological polar surface area (TPSA) is 98.1 Å². The van der Waals surface area contributed by atoms with Crippen LogP contribution in [0.2, 0.25) is 5.02 Å². The van der Waals surface area contributed by atoms with Gasteiger partial charge >= 0.3 is 0 Å². The first-order chi connectivity index (χ1) is 11.9. The Labute approximate surface area is 150 Å². The Hall–Kier alpha value is -2.00. The molecule has 0 N–H and O–H groups in total. The van der Waals surface area contributed by atoms with Crippen molar-refractivity contribution in [2.45, 2.75) is 25.9 Å². The summed E-state index contributed by atoms with van der Waals surface area (Å²) >= 11 is 5.85. The molecule has 1 aromatic heterocycles. The van der Waals surface area contributed by atoms with Crippen molar-refractivity contribution in [3.05, 3.63) is 29.3 Å². The molecule has 0 aliphatic carbocycles. The van der Waals surface area contributed by atoms with Gasteiger partial charge < -0.3 is 4.90 Å². The molecule has 1 aliphatic rings. The largest absolute Gasteiger partial charge is 0.337 e. The van der Waals surface area contributed by atoms with E-state index in [2.05, 4.69) is 15.4 Å². The van der Waals surface area contributed by atoms with Gasteiger partial charge in [-0.2, -0.15) is 4.80 Å². The zero-order valence-electron chi connectivity index (χ0n) is 13.7. The van der Waals surface area contributed by atoms with Crippen molar-refractivity contribution in [2.75, 3.05) is 18.1 Å². The van der Waals surface area contributed by atoms with Crippen LogP contribution < -0.4 is 0 Å². The summed E-state index contributed by atoms with van der Waals surface area (Å²) in [6, 6.07) is 6.71. The molecule has 0 saturated carbocycles. The van der Waals surface area contributed by atoms with E-state index in [1.165, 1.54) is 4.80 Å². The van der Waals surface area contributed by atoms with Crippen LogP contribution in [-0.4, -0.2) is 63.5 Å². The second kappa shape index (κ2) is 7.09. The number of sulfone groups is 1. The van der Waals surface area contributed by atoms with E-state index in [0.717, 1.165) is 5.56 Å². The molecule has 0 radical (unpaired) electrons. The van der Waals surface area contributed by atoms with E-state index < -0.39 is 9.84 Å². The van der Waals surface area contributed by atoms with Crippen LogP contribution in [0.25, 0.3) is 11.4 Å². The smallest absolute Gasteiger partial charge is 0.246 e. The monoisotopic (exact) mass is 383 g/mol.